The van der Waals surface area contributed by atoms with E-state index in [2.05, 4.69) is 16.0 Å². The molecule has 0 saturated heterocycles. The van der Waals surface area contributed by atoms with Gasteiger partial charge >= 0.3 is 6.03 Å². The van der Waals surface area contributed by atoms with Gasteiger partial charge in [0.15, 0.2) is 0 Å². The fourth-order valence-electron chi connectivity index (χ4n) is 2.85. The smallest absolute Gasteiger partial charge is 0.315 e. The molecule has 23 heavy (non-hydrogen) atoms. The second kappa shape index (κ2) is 9.40. The second-order valence-electron chi connectivity index (χ2n) is 5.96. The molecule has 5 nitrogen and oxygen atoms in total. The Hall–Kier alpha value is -1.75. The van der Waals surface area contributed by atoms with Gasteiger partial charge in [-0.25, -0.2) is 4.79 Å². The Morgan fingerprint density at radius 1 is 1.09 bits per heavy atom. The molecule has 1 aromatic rings. The third-order valence-corrected chi connectivity index (χ3v) is 4.34. The van der Waals surface area contributed by atoms with Crippen LogP contribution in [-0.2, 0) is 4.79 Å². The number of carbonyl (C=O) groups excluding carboxylic acids is 2. The molecule has 0 spiro atoms. The molecular weight excluding hydrogens is 314 g/mol. The van der Waals surface area contributed by atoms with Gasteiger partial charge in [0.1, 0.15) is 0 Å². The summed E-state index contributed by atoms with van der Waals surface area (Å²) in [6.07, 6.45) is 7.53. The molecular formula is C17H24ClN3O2. The number of hydrogen-bond acceptors (Lipinski definition) is 2. The van der Waals surface area contributed by atoms with Crippen LogP contribution in [0.2, 0.25) is 5.02 Å². The quantitative estimate of drug-likeness (QED) is 0.666. The van der Waals surface area contributed by atoms with Crippen molar-refractivity contribution >= 4 is 29.2 Å². The fourth-order valence-corrected chi connectivity index (χ4v) is 2.98. The van der Waals surface area contributed by atoms with Crippen LogP contribution in [0.5, 0.6) is 0 Å². The summed E-state index contributed by atoms with van der Waals surface area (Å²) in [5, 5.41) is 8.64. The van der Waals surface area contributed by atoms with Crippen LogP contribution in [0.15, 0.2) is 24.3 Å². The summed E-state index contributed by atoms with van der Waals surface area (Å²) in [5.41, 5.74) is 0.651. The number of halogens is 1. The van der Waals surface area contributed by atoms with Crippen molar-refractivity contribution in [2.45, 2.75) is 38.5 Å². The molecule has 0 aromatic heterocycles. The van der Waals surface area contributed by atoms with Crippen LogP contribution in [0.3, 0.4) is 0 Å². The molecule has 6 heteroatoms. The van der Waals surface area contributed by atoms with E-state index in [4.69, 9.17) is 11.6 Å². The van der Waals surface area contributed by atoms with Crippen LogP contribution in [0.4, 0.5) is 10.5 Å². The Morgan fingerprint density at radius 3 is 2.48 bits per heavy atom. The van der Waals surface area contributed by atoms with Crippen molar-refractivity contribution in [1.29, 1.82) is 0 Å². The van der Waals surface area contributed by atoms with Crippen LogP contribution in [0.1, 0.15) is 38.5 Å². The lowest BCUT2D eigenvalue weighted by Gasteiger charge is -2.10. The first-order valence-electron chi connectivity index (χ1n) is 8.20. The van der Waals surface area contributed by atoms with Gasteiger partial charge in [-0.15, -0.1) is 0 Å². The number of anilines is 1. The Labute approximate surface area is 142 Å². The number of nitrogens with one attached hydrogen (secondary N) is 3. The standard InChI is InChI=1S/C17H24ClN3O2/c18-14-7-9-15(10-8-14)21-16(22)12-20-17(23)19-11-3-6-13-4-1-2-5-13/h7-10,13H,1-6,11-12H2,(H,21,22)(H2,19,20,23). The molecule has 1 aliphatic carbocycles. The van der Waals surface area contributed by atoms with E-state index in [1.165, 1.54) is 32.1 Å². The van der Waals surface area contributed by atoms with E-state index in [0.717, 1.165) is 12.3 Å². The predicted octanol–water partition coefficient (Wildman–Crippen LogP) is 3.55. The molecule has 0 radical (unpaired) electrons. The normalized spacial score (nSPS) is 14.5. The number of carbonyl (C=O) groups is 2. The summed E-state index contributed by atoms with van der Waals surface area (Å²) >= 11 is 5.77. The van der Waals surface area contributed by atoms with Crippen molar-refractivity contribution in [2.75, 3.05) is 18.4 Å². The SMILES string of the molecule is O=C(CNC(=O)NCCCC1CCCC1)Nc1ccc(Cl)cc1. The molecule has 1 fully saturated rings. The van der Waals surface area contributed by atoms with Crippen LogP contribution in [0, 0.1) is 5.92 Å². The zero-order valence-electron chi connectivity index (χ0n) is 13.2. The summed E-state index contributed by atoms with van der Waals surface area (Å²) in [7, 11) is 0. The summed E-state index contributed by atoms with van der Waals surface area (Å²) in [6.45, 7) is 0.595. The largest absolute Gasteiger partial charge is 0.338 e. The Kier molecular flexibility index (Phi) is 7.20. The second-order valence-corrected chi connectivity index (χ2v) is 6.39. The van der Waals surface area contributed by atoms with E-state index in [1.54, 1.807) is 24.3 Å². The zero-order chi connectivity index (χ0) is 16.5. The molecule has 1 saturated carbocycles. The Bertz CT molecular complexity index is 513. The van der Waals surface area contributed by atoms with Gasteiger partial charge in [-0.3, -0.25) is 4.79 Å². The lowest BCUT2D eigenvalue weighted by molar-refractivity contribution is -0.115. The molecule has 2 rings (SSSR count). The average Bonchev–Trinajstić information content (AvgIpc) is 3.05. The topological polar surface area (TPSA) is 70.2 Å². The molecule has 0 aliphatic heterocycles. The average molecular weight is 338 g/mol. The van der Waals surface area contributed by atoms with Gasteiger partial charge in [-0.1, -0.05) is 37.3 Å². The van der Waals surface area contributed by atoms with Crippen LogP contribution in [0.25, 0.3) is 0 Å². The molecule has 0 heterocycles. The molecule has 126 valence electrons. The number of hydrogen-bond donors (Lipinski definition) is 3. The number of amides is 3. The summed E-state index contributed by atoms with van der Waals surface area (Å²) in [4.78, 5) is 23.3. The molecule has 1 aromatic carbocycles. The van der Waals surface area contributed by atoms with Crippen LogP contribution in [-0.4, -0.2) is 25.0 Å². The Balaban J connectivity index is 1.54. The lowest BCUT2D eigenvalue weighted by atomic mass is 10.0. The number of benzene rings is 1. The third kappa shape index (κ3) is 6.91. The summed E-state index contributed by atoms with van der Waals surface area (Å²) in [6, 6.07) is 6.51. The lowest BCUT2D eigenvalue weighted by Crippen LogP contribution is -2.40. The van der Waals surface area contributed by atoms with E-state index in [0.29, 0.717) is 17.3 Å². The third-order valence-electron chi connectivity index (χ3n) is 4.09. The van der Waals surface area contributed by atoms with Gasteiger partial charge in [-0.2, -0.15) is 0 Å². The first kappa shape index (κ1) is 17.6. The van der Waals surface area contributed by atoms with Crippen molar-refractivity contribution in [3.8, 4) is 0 Å². The predicted molar refractivity (Wildman–Crippen MR) is 92.7 cm³/mol. The Morgan fingerprint density at radius 2 is 1.78 bits per heavy atom. The molecule has 3 N–H and O–H groups in total. The highest BCUT2D eigenvalue weighted by Gasteiger charge is 2.14. The van der Waals surface area contributed by atoms with Gasteiger partial charge in [0.25, 0.3) is 0 Å². The highest BCUT2D eigenvalue weighted by Crippen LogP contribution is 2.28. The maximum atomic E-state index is 11.7. The van der Waals surface area contributed by atoms with Gasteiger partial charge < -0.3 is 16.0 Å². The maximum Gasteiger partial charge on any atom is 0.315 e. The fraction of sp³-hybridized carbons (Fsp3) is 0.529. The zero-order valence-corrected chi connectivity index (χ0v) is 14.0. The molecule has 1 aliphatic rings. The van der Waals surface area contributed by atoms with Crippen molar-refractivity contribution in [1.82, 2.24) is 10.6 Å². The van der Waals surface area contributed by atoms with E-state index >= 15 is 0 Å². The molecule has 0 unspecified atom stereocenters. The minimum absolute atomic E-state index is 0.0584. The van der Waals surface area contributed by atoms with Gasteiger partial charge in [0.05, 0.1) is 6.54 Å². The highest BCUT2D eigenvalue weighted by molar-refractivity contribution is 6.30. The highest BCUT2D eigenvalue weighted by atomic mass is 35.5. The van der Waals surface area contributed by atoms with Crippen molar-refractivity contribution < 1.29 is 9.59 Å². The van der Waals surface area contributed by atoms with Crippen LogP contribution < -0.4 is 16.0 Å². The first-order chi connectivity index (χ1) is 11.1. The summed E-state index contributed by atoms with van der Waals surface area (Å²) in [5.74, 6) is 0.568. The summed E-state index contributed by atoms with van der Waals surface area (Å²) < 4.78 is 0. The van der Waals surface area contributed by atoms with Gasteiger partial charge in [0, 0.05) is 17.3 Å². The monoisotopic (exact) mass is 337 g/mol. The van der Waals surface area contributed by atoms with Crippen molar-refractivity contribution in [2.24, 2.45) is 5.92 Å². The van der Waals surface area contributed by atoms with Gasteiger partial charge in [-0.05, 0) is 43.0 Å². The minimum Gasteiger partial charge on any atom is -0.338 e. The first-order valence-corrected chi connectivity index (χ1v) is 8.58. The van der Waals surface area contributed by atoms with E-state index < -0.39 is 0 Å². The molecule has 3 amide bonds. The van der Waals surface area contributed by atoms with Crippen molar-refractivity contribution in [3.05, 3.63) is 29.3 Å². The molecule has 0 atom stereocenters. The van der Waals surface area contributed by atoms with E-state index in [9.17, 15) is 9.59 Å². The number of rotatable bonds is 7. The van der Waals surface area contributed by atoms with Gasteiger partial charge in [0.2, 0.25) is 5.91 Å². The number of urea groups is 1. The van der Waals surface area contributed by atoms with E-state index in [-0.39, 0.29) is 18.5 Å². The van der Waals surface area contributed by atoms with E-state index in [1.807, 2.05) is 0 Å². The maximum absolute atomic E-state index is 11.7. The van der Waals surface area contributed by atoms with Crippen molar-refractivity contribution in [3.63, 3.8) is 0 Å². The molecule has 0 bridgehead atoms. The van der Waals surface area contributed by atoms with Crippen LogP contribution >= 0.6 is 11.6 Å². The minimum atomic E-state index is -0.303.